The molecule has 0 saturated carbocycles. The molecule has 1 fully saturated rings. The average Bonchev–Trinajstić information content (AvgIpc) is 3.23. The SMILES string of the molecule is CCc1ccc(N2C(=O)C3CC=C4C(c5cc(OC)c(O)c(Br)c5Br)C5=C(CC4C3C2=O)C(=O)C(Br)=CC5=O)cc1. The van der Waals surface area contributed by atoms with Crippen molar-refractivity contribution in [3.05, 3.63) is 83.8 Å². The number of phenolic OH excluding ortho intramolecular Hbond substituents is 1. The Morgan fingerprint density at radius 3 is 2.37 bits per heavy atom. The molecule has 10 heteroatoms. The van der Waals surface area contributed by atoms with E-state index in [0.717, 1.165) is 17.6 Å². The van der Waals surface area contributed by atoms with E-state index in [2.05, 4.69) is 47.8 Å². The number of methoxy groups -OCH3 is 1. The molecule has 3 aliphatic carbocycles. The number of aromatic hydroxyl groups is 1. The first-order chi connectivity index (χ1) is 19.6. The van der Waals surface area contributed by atoms with Gasteiger partial charge in [-0.2, -0.15) is 0 Å². The number of fused-ring (bicyclic) bond motifs is 3. The highest BCUT2D eigenvalue weighted by atomic mass is 79.9. The molecule has 1 saturated heterocycles. The summed E-state index contributed by atoms with van der Waals surface area (Å²) >= 11 is 10.2. The highest BCUT2D eigenvalue weighted by molar-refractivity contribution is 9.13. The van der Waals surface area contributed by atoms with E-state index in [1.807, 2.05) is 25.1 Å². The molecule has 6 rings (SSSR count). The van der Waals surface area contributed by atoms with E-state index in [4.69, 9.17) is 4.74 Å². The van der Waals surface area contributed by atoms with Gasteiger partial charge in [-0.05, 0) is 102 Å². The predicted molar refractivity (Wildman–Crippen MR) is 163 cm³/mol. The van der Waals surface area contributed by atoms with Crippen LogP contribution in [0, 0.1) is 17.8 Å². The summed E-state index contributed by atoms with van der Waals surface area (Å²) in [5, 5.41) is 10.6. The van der Waals surface area contributed by atoms with Gasteiger partial charge in [0.2, 0.25) is 11.8 Å². The van der Waals surface area contributed by atoms with Crippen LogP contribution in [0.1, 0.15) is 36.8 Å². The second-order valence-corrected chi connectivity index (χ2v) is 13.0. The van der Waals surface area contributed by atoms with Crippen molar-refractivity contribution in [3.8, 4) is 11.5 Å². The Labute approximate surface area is 261 Å². The molecule has 0 aromatic heterocycles. The number of halogens is 3. The molecule has 2 aromatic carbocycles. The fourth-order valence-electron chi connectivity index (χ4n) is 6.67. The first-order valence-electron chi connectivity index (χ1n) is 13.2. The monoisotopic (exact) mass is 743 g/mol. The van der Waals surface area contributed by atoms with E-state index in [1.165, 1.54) is 18.1 Å². The van der Waals surface area contributed by atoms with Crippen molar-refractivity contribution in [2.24, 2.45) is 17.8 Å². The van der Waals surface area contributed by atoms with Gasteiger partial charge in [-0.25, -0.2) is 0 Å². The largest absolute Gasteiger partial charge is 0.503 e. The Morgan fingerprint density at radius 1 is 1.00 bits per heavy atom. The van der Waals surface area contributed by atoms with Gasteiger partial charge in [0, 0.05) is 27.6 Å². The second-order valence-electron chi connectivity index (χ2n) is 10.6. The number of nitrogens with zero attached hydrogens (tertiary/aromatic N) is 1. The quantitative estimate of drug-likeness (QED) is 0.219. The fraction of sp³-hybridized carbons (Fsp3) is 0.290. The van der Waals surface area contributed by atoms with Crippen LogP contribution in [0.4, 0.5) is 5.69 Å². The maximum Gasteiger partial charge on any atom is 0.238 e. The maximum absolute atomic E-state index is 14.1. The molecule has 2 aromatic rings. The van der Waals surface area contributed by atoms with Crippen molar-refractivity contribution in [2.45, 2.75) is 32.1 Å². The number of amides is 2. The molecule has 0 spiro atoms. The number of benzene rings is 2. The molecular formula is C31H24Br3NO6. The Bertz CT molecular complexity index is 1650. The van der Waals surface area contributed by atoms with Gasteiger partial charge in [-0.1, -0.05) is 30.7 Å². The third kappa shape index (κ3) is 4.24. The minimum Gasteiger partial charge on any atom is -0.503 e. The number of allylic oxidation sites excluding steroid dienone is 6. The van der Waals surface area contributed by atoms with E-state index in [9.17, 15) is 24.3 Å². The summed E-state index contributed by atoms with van der Waals surface area (Å²) < 4.78 is 6.41. The van der Waals surface area contributed by atoms with Crippen LogP contribution >= 0.6 is 47.8 Å². The summed E-state index contributed by atoms with van der Waals surface area (Å²) in [5.74, 6) is -3.51. The van der Waals surface area contributed by atoms with Crippen LogP contribution in [0.15, 0.2) is 72.6 Å². The summed E-state index contributed by atoms with van der Waals surface area (Å²) in [6.45, 7) is 2.04. The van der Waals surface area contributed by atoms with Crippen LogP contribution in [-0.2, 0) is 25.6 Å². The van der Waals surface area contributed by atoms with Crippen molar-refractivity contribution in [1.82, 2.24) is 0 Å². The zero-order chi connectivity index (χ0) is 29.3. The van der Waals surface area contributed by atoms with Gasteiger partial charge in [0.25, 0.3) is 0 Å². The maximum atomic E-state index is 14.1. The molecular weight excluding hydrogens is 722 g/mol. The van der Waals surface area contributed by atoms with Crippen LogP contribution in [-0.4, -0.2) is 35.6 Å². The molecule has 1 heterocycles. The van der Waals surface area contributed by atoms with E-state index in [1.54, 1.807) is 18.2 Å². The number of anilines is 1. The second kappa shape index (κ2) is 10.5. The highest BCUT2D eigenvalue weighted by Gasteiger charge is 2.57. The topological polar surface area (TPSA) is 101 Å². The summed E-state index contributed by atoms with van der Waals surface area (Å²) in [6, 6.07) is 9.07. The molecule has 41 heavy (non-hydrogen) atoms. The van der Waals surface area contributed by atoms with Gasteiger partial charge in [0.1, 0.15) is 0 Å². The lowest BCUT2D eigenvalue weighted by Gasteiger charge is -2.42. The Morgan fingerprint density at radius 2 is 1.71 bits per heavy atom. The van der Waals surface area contributed by atoms with Crippen LogP contribution < -0.4 is 9.64 Å². The number of carbonyl (C=O) groups excluding carboxylic acids is 4. The molecule has 1 aliphatic heterocycles. The highest BCUT2D eigenvalue weighted by Crippen LogP contribution is 2.58. The zero-order valence-electron chi connectivity index (χ0n) is 22.0. The van der Waals surface area contributed by atoms with Crippen LogP contribution in [0.2, 0.25) is 0 Å². The number of imide groups is 1. The number of aryl methyl sites for hydroxylation is 1. The van der Waals surface area contributed by atoms with E-state index < -0.39 is 23.7 Å². The molecule has 1 N–H and O–H groups in total. The van der Waals surface area contributed by atoms with Crippen molar-refractivity contribution in [1.29, 1.82) is 0 Å². The number of ether oxygens (including phenoxy) is 1. The van der Waals surface area contributed by atoms with Crippen LogP contribution in [0.3, 0.4) is 0 Å². The molecule has 4 aliphatic rings. The van der Waals surface area contributed by atoms with Gasteiger partial charge < -0.3 is 9.84 Å². The van der Waals surface area contributed by atoms with Gasteiger partial charge in [0.05, 0.1) is 33.6 Å². The smallest absolute Gasteiger partial charge is 0.238 e. The molecule has 210 valence electrons. The van der Waals surface area contributed by atoms with Crippen molar-refractivity contribution in [2.75, 3.05) is 12.0 Å². The molecule has 7 nitrogen and oxygen atoms in total. The van der Waals surface area contributed by atoms with Gasteiger partial charge in [-0.3, -0.25) is 24.1 Å². The van der Waals surface area contributed by atoms with Gasteiger partial charge >= 0.3 is 0 Å². The number of rotatable bonds is 4. The minimum atomic E-state index is -0.695. The standard InChI is InChI=1S/C31H24Br3NO6/c1-3-13-4-6-14(7-5-13)35-30(39)16-9-8-15-17(24(16)31(35)40)10-19-25(21(36)12-20(32)28(19)37)23(15)18-11-22(41-2)29(38)27(34)26(18)33/h4-8,11-12,16-17,23-24,38H,3,9-10H2,1-2H3. The number of carbonyl (C=O) groups is 4. The predicted octanol–water partition coefficient (Wildman–Crippen LogP) is 6.45. The average molecular weight is 746 g/mol. The Kier molecular flexibility index (Phi) is 7.23. The van der Waals surface area contributed by atoms with E-state index in [0.29, 0.717) is 37.8 Å². The third-order valence-corrected chi connectivity index (χ3v) is 11.4. The fourth-order valence-corrected chi connectivity index (χ4v) is 8.08. The number of phenols is 1. The first-order valence-corrected chi connectivity index (χ1v) is 15.6. The minimum absolute atomic E-state index is 0.114. The molecule has 2 amide bonds. The zero-order valence-corrected chi connectivity index (χ0v) is 26.8. The molecule has 4 atom stereocenters. The molecule has 0 radical (unpaired) electrons. The van der Waals surface area contributed by atoms with E-state index in [-0.39, 0.29) is 45.8 Å². The summed E-state index contributed by atoms with van der Waals surface area (Å²) in [5.41, 5.74) is 3.71. The van der Waals surface area contributed by atoms with Crippen molar-refractivity contribution < 1.29 is 29.0 Å². The summed E-state index contributed by atoms with van der Waals surface area (Å²) in [7, 11) is 1.43. The normalized spacial score (nSPS) is 25.5. The van der Waals surface area contributed by atoms with E-state index >= 15 is 0 Å². The lowest BCUT2D eigenvalue weighted by atomic mass is 9.59. The third-order valence-electron chi connectivity index (χ3n) is 8.64. The summed E-state index contributed by atoms with van der Waals surface area (Å²) in [4.78, 5) is 56.0. The molecule has 0 bridgehead atoms. The summed E-state index contributed by atoms with van der Waals surface area (Å²) in [6.07, 6.45) is 4.58. The van der Waals surface area contributed by atoms with Crippen LogP contribution in [0.5, 0.6) is 11.5 Å². The van der Waals surface area contributed by atoms with Crippen molar-refractivity contribution in [3.63, 3.8) is 0 Å². The number of ketones is 2. The lowest BCUT2D eigenvalue weighted by molar-refractivity contribution is -0.123. The Balaban J connectivity index is 1.51. The lowest BCUT2D eigenvalue weighted by Crippen LogP contribution is -2.39. The molecule has 4 unspecified atom stereocenters. The van der Waals surface area contributed by atoms with Gasteiger partial charge in [-0.15, -0.1) is 0 Å². The Hall–Kier alpha value is -2.82. The van der Waals surface area contributed by atoms with Gasteiger partial charge in [0.15, 0.2) is 23.1 Å². The first kappa shape index (κ1) is 28.3. The number of hydrogen-bond donors (Lipinski definition) is 1. The number of Topliss-reactive ketones (excluding diaryl/α,β-unsaturated/α-hetero) is 1. The van der Waals surface area contributed by atoms with Crippen LogP contribution in [0.25, 0.3) is 0 Å². The van der Waals surface area contributed by atoms with Crippen molar-refractivity contribution >= 4 is 76.9 Å². The number of hydrogen-bond acceptors (Lipinski definition) is 6.